The van der Waals surface area contributed by atoms with Crippen LogP contribution in [0.25, 0.3) is 0 Å². The zero-order valence-electron chi connectivity index (χ0n) is 16.0. The van der Waals surface area contributed by atoms with Gasteiger partial charge in [-0.2, -0.15) is 0 Å². The molecular weight excluding hydrogens is 345 g/mol. The van der Waals surface area contributed by atoms with Gasteiger partial charge >= 0.3 is 0 Å². The molecule has 0 unspecified atom stereocenters. The highest BCUT2D eigenvalue weighted by molar-refractivity contribution is 5.79. The minimum atomic E-state index is -0.300. The van der Waals surface area contributed by atoms with Crippen LogP contribution in [0.3, 0.4) is 0 Å². The second kappa shape index (κ2) is 9.83. The summed E-state index contributed by atoms with van der Waals surface area (Å²) in [5.41, 5.74) is 0.493. The predicted molar refractivity (Wildman–Crippen MR) is 102 cm³/mol. The van der Waals surface area contributed by atoms with Crippen molar-refractivity contribution in [2.24, 2.45) is 5.92 Å². The highest BCUT2D eigenvalue weighted by Gasteiger charge is 2.29. The number of hydrogen-bond acceptors (Lipinski definition) is 3. The number of nitrogens with zero attached hydrogens (tertiary/aromatic N) is 2. The van der Waals surface area contributed by atoms with E-state index in [1.165, 1.54) is 18.9 Å². The van der Waals surface area contributed by atoms with Crippen molar-refractivity contribution in [2.45, 2.75) is 45.1 Å². The summed E-state index contributed by atoms with van der Waals surface area (Å²) in [5.74, 6) is 0.00238. The smallest absolute Gasteiger partial charge is 0.234 e. The van der Waals surface area contributed by atoms with Crippen molar-refractivity contribution in [3.05, 3.63) is 35.6 Å². The molecule has 1 aromatic rings. The van der Waals surface area contributed by atoms with E-state index < -0.39 is 0 Å². The third-order valence-electron chi connectivity index (χ3n) is 5.66. The number of piperidine rings is 1. The predicted octanol–water partition coefficient (Wildman–Crippen LogP) is 2.56. The van der Waals surface area contributed by atoms with E-state index in [4.69, 9.17) is 0 Å². The molecule has 2 amide bonds. The standard InChI is InChI=1S/C21H30FN3O2/c22-19-8-4-3-7-18(19)15-23-20(26)16-24-13-9-17(10-14-24)21(27)25-11-5-1-2-6-12-25/h3-4,7-8,17H,1-2,5-6,9-16H2,(H,23,26). The van der Waals surface area contributed by atoms with Gasteiger partial charge in [-0.1, -0.05) is 31.0 Å². The van der Waals surface area contributed by atoms with Crippen molar-refractivity contribution in [3.63, 3.8) is 0 Å². The zero-order chi connectivity index (χ0) is 19.1. The molecule has 3 rings (SSSR count). The van der Waals surface area contributed by atoms with Crippen molar-refractivity contribution in [2.75, 3.05) is 32.7 Å². The number of hydrogen-bond donors (Lipinski definition) is 1. The molecule has 2 aliphatic heterocycles. The Morgan fingerprint density at radius 2 is 1.67 bits per heavy atom. The first-order valence-corrected chi connectivity index (χ1v) is 10.1. The quantitative estimate of drug-likeness (QED) is 0.861. The molecule has 5 nitrogen and oxygen atoms in total. The third-order valence-corrected chi connectivity index (χ3v) is 5.66. The molecule has 0 aliphatic carbocycles. The van der Waals surface area contributed by atoms with Crippen LogP contribution >= 0.6 is 0 Å². The second-order valence-corrected chi connectivity index (χ2v) is 7.66. The average Bonchev–Trinajstić information content (AvgIpc) is 2.97. The van der Waals surface area contributed by atoms with Gasteiger partial charge in [0, 0.05) is 31.1 Å². The number of carbonyl (C=O) groups excluding carboxylic acids is 2. The SMILES string of the molecule is O=C(CN1CCC(C(=O)N2CCCCCC2)CC1)NCc1ccccc1F. The molecule has 2 saturated heterocycles. The van der Waals surface area contributed by atoms with Gasteiger partial charge in [0.2, 0.25) is 11.8 Å². The number of likely N-dealkylation sites (tertiary alicyclic amines) is 2. The Labute approximate surface area is 160 Å². The minimum Gasteiger partial charge on any atom is -0.351 e. The summed E-state index contributed by atoms with van der Waals surface area (Å²) < 4.78 is 13.6. The van der Waals surface area contributed by atoms with E-state index in [9.17, 15) is 14.0 Å². The molecule has 0 radical (unpaired) electrons. The van der Waals surface area contributed by atoms with Crippen LogP contribution in [0.5, 0.6) is 0 Å². The van der Waals surface area contributed by atoms with Crippen molar-refractivity contribution < 1.29 is 14.0 Å². The van der Waals surface area contributed by atoms with E-state index in [0.717, 1.165) is 51.9 Å². The largest absolute Gasteiger partial charge is 0.351 e. The van der Waals surface area contributed by atoms with Crippen LogP contribution in [0.15, 0.2) is 24.3 Å². The first-order valence-electron chi connectivity index (χ1n) is 10.1. The van der Waals surface area contributed by atoms with Gasteiger partial charge in [0.15, 0.2) is 0 Å². The van der Waals surface area contributed by atoms with Crippen molar-refractivity contribution in [1.82, 2.24) is 15.1 Å². The molecular formula is C21H30FN3O2. The van der Waals surface area contributed by atoms with Crippen LogP contribution in [-0.4, -0.2) is 54.3 Å². The molecule has 0 bridgehead atoms. The lowest BCUT2D eigenvalue weighted by atomic mass is 9.95. The molecule has 148 valence electrons. The van der Waals surface area contributed by atoms with Gasteiger partial charge in [0.1, 0.15) is 5.82 Å². The van der Waals surface area contributed by atoms with E-state index >= 15 is 0 Å². The lowest BCUT2D eigenvalue weighted by Crippen LogP contribution is -2.45. The van der Waals surface area contributed by atoms with Gasteiger partial charge in [0.25, 0.3) is 0 Å². The number of amides is 2. The molecule has 2 heterocycles. The van der Waals surface area contributed by atoms with Gasteiger partial charge in [0.05, 0.1) is 6.54 Å². The van der Waals surface area contributed by atoms with Gasteiger partial charge in [-0.25, -0.2) is 4.39 Å². The molecule has 0 saturated carbocycles. The molecule has 1 aromatic carbocycles. The highest BCUT2D eigenvalue weighted by atomic mass is 19.1. The van der Waals surface area contributed by atoms with Crippen LogP contribution in [0.2, 0.25) is 0 Å². The maximum absolute atomic E-state index is 13.6. The number of rotatable bonds is 5. The van der Waals surface area contributed by atoms with Crippen molar-refractivity contribution >= 4 is 11.8 Å². The molecule has 0 atom stereocenters. The Bertz CT molecular complexity index is 636. The zero-order valence-corrected chi connectivity index (χ0v) is 16.0. The van der Waals surface area contributed by atoms with Gasteiger partial charge in [-0.3, -0.25) is 14.5 Å². The van der Waals surface area contributed by atoms with Crippen LogP contribution in [0, 0.1) is 11.7 Å². The number of halogens is 1. The van der Waals surface area contributed by atoms with E-state index in [0.29, 0.717) is 18.0 Å². The summed E-state index contributed by atoms with van der Waals surface area (Å²) in [6.45, 7) is 3.83. The third kappa shape index (κ3) is 5.76. The first kappa shape index (κ1) is 19.8. The van der Waals surface area contributed by atoms with E-state index in [1.807, 2.05) is 0 Å². The highest BCUT2D eigenvalue weighted by Crippen LogP contribution is 2.21. The summed E-state index contributed by atoms with van der Waals surface area (Å²) in [7, 11) is 0. The lowest BCUT2D eigenvalue weighted by molar-refractivity contribution is -0.137. The Morgan fingerprint density at radius 1 is 1.00 bits per heavy atom. The van der Waals surface area contributed by atoms with Crippen LogP contribution < -0.4 is 5.32 Å². The fourth-order valence-corrected chi connectivity index (χ4v) is 3.98. The Hall–Kier alpha value is -1.95. The molecule has 27 heavy (non-hydrogen) atoms. The normalized spacial score (nSPS) is 19.5. The molecule has 2 aliphatic rings. The molecule has 1 N–H and O–H groups in total. The number of nitrogens with one attached hydrogen (secondary N) is 1. The van der Waals surface area contributed by atoms with Crippen LogP contribution in [0.4, 0.5) is 4.39 Å². The second-order valence-electron chi connectivity index (χ2n) is 7.66. The summed E-state index contributed by atoms with van der Waals surface area (Å²) >= 11 is 0. The van der Waals surface area contributed by atoms with Crippen LogP contribution in [0.1, 0.15) is 44.1 Å². The summed E-state index contributed by atoms with van der Waals surface area (Å²) in [5, 5.41) is 2.78. The summed E-state index contributed by atoms with van der Waals surface area (Å²) in [6, 6.07) is 6.47. The number of carbonyl (C=O) groups is 2. The van der Waals surface area contributed by atoms with Gasteiger partial charge in [-0.05, 0) is 44.8 Å². The van der Waals surface area contributed by atoms with E-state index in [2.05, 4.69) is 15.1 Å². The average molecular weight is 375 g/mol. The Morgan fingerprint density at radius 3 is 2.33 bits per heavy atom. The molecule has 2 fully saturated rings. The molecule has 0 aromatic heterocycles. The fourth-order valence-electron chi connectivity index (χ4n) is 3.98. The molecule has 6 heteroatoms. The van der Waals surface area contributed by atoms with Gasteiger partial charge < -0.3 is 10.2 Å². The topological polar surface area (TPSA) is 52.7 Å². The fraction of sp³-hybridized carbons (Fsp3) is 0.619. The monoisotopic (exact) mass is 375 g/mol. The maximum atomic E-state index is 13.6. The Balaban J connectivity index is 1.39. The van der Waals surface area contributed by atoms with Crippen molar-refractivity contribution in [1.29, 1.82) is 0 Å². The maximum Gasteiger partial charge on any atom is 0.234 e. The van der Waals surface area contributed by atoms with E-state index in [1.54, 1.807) is 18.2 Å². The Kier molecular flexibility index (Phi) is 7.21. The van der Waals surface area contributed by atoms with E-state index in [-0.39, 0.29) is 24.2 Å². The summed E-state index contributed by atoms with van der Waals surface area (Å²) in [6.07, 6.45) is 6.32. The molecule has 0 spiro atoms. The van der Waals surface area contributed by atoms with Gasteiger partial charge in [-0.15, -0.1) is 0 Å². The number of benzene rings is 1. The van der Waals surface area contributed by atoms with Crippen LogP contribution in [-0.2, 0) is 16.1 Å². The lowest BCUT2D eigenvalue weighted by Gasteiger charge is -2.33. The van der Waals surface area contributed by atoms with Crippen molar-refractivity contribution in [3.8, 4) is 0 Å². The summed E-state index contributed by atoms with van der Waals surface area (Å²) in [4.78, 5) is 29.0. The minimum absolute atomic E-state index is 0.0980. The first-order chi connectivity index (χ1) is 13.1.